The van der Waals surface area contributed by atoms with Gasteiger partial charge in [0.15, 0.2) is 0 Å². The second-order valence-electron chi connectivity index (χ2n) is 7.56. The lowest BCUT2D eigenvalue weighted by Crippen LogP contribution is -2.19. The summed E-state index contributed by atoms with van der Waals surface area (Å²) in [4.78, 5) is 22.4. The summed E-state index contributed by atoms with van der Waals surface area (Å²) in [5.74, 6) is -1.56. The fraction of sp³-hybridized carbons (Fsp3) is 0.273. The second-order valence-corrected chi connectivity index (χ2v) is 7.56. The average Bonchev–Trinajstić information content (AvgIpc) is 3.24. The number of aliphatic carboxylic acids is 1. The summed E-state index contributed by atoms with van der Waals surface area (Å²) in [6, 6.07) is 10.6. The van der Waals surface area contributed by atoms with Crippen molar-refractivity contribution < 1.29 is 32.6 Å². The van der Waals surface area contributed by atoms with Crippen LogP contribution in [0.2, 0.25) is 0 Å². The smallest absolute Gasteiger partial charge is 0.417 e. The summed E-state index contributed by atoms with van der Waals surface area (Å²) < 4.78 is 47.4. The third-order valence-corrected chi connectivity index (χ3v) is 5.51. The van der Waals surface area contributed by atoms with Crippen molar-refractivity contribution in [2.75, 3.05) is 0 Å². The van der Waals surface area contributed by atoms with E-state index in [0.717, 1.165) is 41.7 Å². The van der Waals surface area contributed by atoms with E-state index in [-0.39, 0.29) is 24.5 Å². The van der Waals surface area contributed by atoms with Crippen LogP contribution in [0.1, 0.15) is 45.9 Å². The van der Waals surface area contributed by atoms with Crippen molar-refractivity contribution in [1.82, 2.24) is 4.57 Å². The van der Waals surface area contributed by atoms with Crippen LogP contribution in [0.4, 0.5) is 13.2 Å². The van der Waals surface area contributed by atoms with Gasteiger partial charge in [0.1, 0.15) is 12.4 Å². The standard InChI is InChI=1S/C22H19F3N2O4/c23-22(24,25)17-7-12(1-3-16(17)21(26)30)11-31-15-2-4-18-14(8-15)9-19-13(10-20(28)29)5-6-27(18)19/h1-4,7-9,13H,5-6,10-11H2,(H2,26,30)(H,28,29). The van der Waals surface area contributed by atoms with Crippen molar-refractivity contribution in [2.45, 2.75) is 38.1 Å². The Morgan fingerprint density at radius 2 is 1.94 bits per heavy atom. The van der Waals surface area contributed by atoms with Crippen LogP contribution in [0.3, 0.4) is 0 Å². The number of ether oxygens (including phenoxy) is 1. The van der Waals surface area contributed by atoms with Crippen molar-refractivity contribution in [3.63, 3.8) is 0 Å². The van der Waals surface area contributed by atoms with Gasteiger partial charge in [-0.25, -0.2) is 0 Å². The summed E-state index contributed by atoms with van der Waals surface area (Å²) in [6.07, 6.45) is -3.86. The molecule has 0 saturated heterocycles. The van der Waals surface area contributed by atoms with E-state index in [0.29, 0.717) is 5.75 Å². The van der Waals surface area contributed by atoms with E-state index in [1.165, 1.54) is 6.07 Å². The third-order valence-electron chi connectivity index (χ3n) is 5.51. The number of carboxylic acids is 1. The van der Waals surface area contributed by atoms with Crippen molar-refractivity contribution in [2.24, 2.45) is 5.73 Å². The first-order chi connectivity index (χ1) is 14.6. The lowest BCUT2D eigenvalue weighted by molar-refractivity contribution is -0.138. The summed E-state index contributed by atoms with van der Waals surface area (Å²) in [7, 11) is 0. The lowest BCUT2D eigenvalue weighted by Gasteiger charge is -2.13. The third kappa shape index (κ3) is 4.08. The Hall–Kier alpha value is -3.49. The number of benzene rings is 2. The highest BCUT2D eigenvalue weighted by Crippen LogP contribution is 2.37. The molecule has 2 heterocycles. The molecular weight excluding hydrogens is 413 g/mol. The molecule has 1 aliphatic rings. The number of rotatable bonds is 6. The van der Waals surface area contributed by atoms with Gasteiger partial charge in [-0.2, -0.15) is 13.2 Å². The average molecular weight is 432 g/mol. The predicted octanol–water partition coefficient (Wildman–Crippen LogP) is 4.30. The highest BCUT2D eigenvalue weighted by Gasteiger charge is 2.35. The topological polar surface area (TPSA) is 94.6 Å². The number of halogens is 3. The van der Waals surface area contributed by atoms with Gasteiger partial charge in [-0.05, 0) is 48.4 Å². The SMILES string of the molecule is NC(=O)c1ccc(COc2ccc3c(c2)cc2n3CCC2CC(=O)O)cc1C(F)(F)F. The van der Waals surface area contributed by atoms with Crippen LogP contribution in [-0.2, 0) is 24.1 Å². The number of aryl methyl sites for hydroxylation is 1. The van der Waals surface area contributed by atoms with E-state index in [1.54, 1.807) is 12.1 Å². The van der Waals surface area contributed by atoms with Crippen molar-refractivity contribution in [3.05, 3.63) is 64.8 Å². The first-order valence-electron chi connectivity index (χ1n) is 9.61. The molecule has 1 atom stereocenters. The van der Waals surface area contributed by atoms with E-state index in [1.807, 2.05) is 12.1 Å². The number of primary amides is 1. The van der Waals surface area contributed by atoms with Crippen LogP contribution >= 0.6 is 0 Å². The number of amides is 1. The van der Waals surface area contributed by atoms with Crippen LogP contribution < -0.4 is 10.5 Å². The summed E-state index contributed by atoms with van der Waals surface area (Å²) in [5.41, 5.74) is 5.53. The van der Waals surface area contributed by atoms with Crippen molar-refractivity contribution in [1.29, 1.82) is 0 Å². The summed E-state index contributed by atoms with van der Waals surface area (Å²) >= 11 is 0. The van der Waals surface area contributed by atoms with Gasteiger partial charge in [0.25, 0.3) is 0 Å². The molecule has 1 aliphatic heterocycles. The van der Waals surface area contributed by atoms with Gasteiger partial charge < -0.3 is 20.1 Å². The molecule has 0 radical (unpaired) electrons. The number of carbonyl (C=O) groups is 2. The van der Waals surface area contributed by atoms with Gasteiger partial charge in [0.05, 0.1) is 17.5 Å². The molecule has 1 amide bonds. The molecule has 3 N–H and O–H groups in total. The zero-order chi connectivity index (χ0) is 22.3. The molecule has 31 heavy (non-hydrogen) atoms. The maximum absolute atomic E-state index is 13.2. The largest absolute Gasteiger partial charge is 0.489 e. The molecule has 2 aromatic carbocycles. The molecule has 0 aliphatic carbocycles. The van der Waals surface area contributed by atoms with E-state index in [2.05, 4.69) is 4.57 Å². The lowest BCUT2D eigenvalue weighted by atomic mass is 10.0. The fourth-order valence-corrected chi connectivity index (χ4v) is 4.10. The molecule has 0 bridgehead atoms. The number of nitrogens with two attached hydrogens (primary N) is 1. The van der Waals surface area contributed by atoms with Gasteiger partial charge in [-0.1, -0.05) is 6.07 Å². The maximum atomic E-state index is 13.2. The number of nitrogens with zero attached hydrogens (tertiary/aromatic N) is 1. The monoisotopic (exact) mass is 432 g/mol. The Morgan fingerprint density at radius 1 is 1.16 bits per heavy atom. The molecule has 3 aromatic rings. The quantitative estimate of drug-likeness (QED) is 0.607. The molecule has 9 heteroatoms. The molecule has 0 saturated carbocycles. The predicted molar refractivity (Wildman–Crippen MR) is 106 cm³/mol. The fourth-order valence-electron chi connectivity index (χ4n) is 4.10. The van der Waals surface area contributed by atoms with E-state index >= 15 is 0 Å². The minimum absolute atomic E-state index is 0.0428. The van der Waals surface area contributed by atoms with E-state index in [9.17, 15) is 22.8 Å². The van der Waals surface area contributed by atoms with Gasteiger partial charge in [-0.15, -0.1) is 0 Å². The Balaban J connectivity index is 1.55. The van der Waals surface area contributed by atoms with E-state index in [4.69, 9.17) is 15.6 Å². The van der Waals surface area contributed by atoms with Gasteiger partial charge in [0, 0.05) is 29.1 Å². The number of carbonyl (C=O) groups excluding carboxylic acids is 1. The Labute approximate surface area is 175 Å². The zero-order valence-electron chi connectivity index (χ0n) is 16.3. The molecule has 1 aromatic heterocycles. The first kappa shape index (κ1) is 20.8. The first-order valence-corrected chi connectivity index (χ1v) is 9.61. The molecule has 0 spiro atoms. The number of aromatic nitrogens is 1. The van der Waals surface area contributed by atoms with Gasteiger partial charge in [-0.3, -0.25) is 9.59 Å². The highest BCUT2D eigenvalue weighted by atomic mass is 19.4. The Morgan fingerprint density at radius 3 is 2.61 bits per heavy atom. The summed E-state index contributed by atoms with van der Waals surface area (Å²) in [5, 5.41) is 9.97. The number of fused-ring (bicyclic) bond motifs is 3. The zero-order valence-corrected chi connectivity index (χ0v) is 16.3. The van der Waals surface area contributed by atoms with Crippen LogP contribution in [0, 0.1) is 0 Å². The van der Waals surface area contributed by atoms with Crippen molar-refractivity contribution >= 4 is 22.8 Å². The van der Waals surface area contributed by atoms with Crippen LogP contribution in [0.25, 0.3) is 10.9 Å². The molecule has 1 unspecified atom stereocenters. The number of carboxylic acid groups (broad SMARTS) is 1. The molecule has 162 valence electrons. The molecule has 4 rings (SSSR count). The Kier molecular flexibility index (Phi) is 5.12. The second kappa shape index (κ2) is 7.64. The minimum atomic E-state index is -4.71. The van der Waals surface area contributed by atoms with E-state index < -0.39 is 29.2 Å². The molecular formula is C22H19F3N2O4. The minimum Gasteiger partial charge on any atom is -0.489 e. The summed E-state index contributed by atoms with van der Waals surface area (Å²) in [6.45, 7) is 0.617. The van der Waals surface area contributed by atoms with Crippen LogP contribution in [-0.4, -0.2) is 21.6 Å². The van der Waals surface area contributed by atoms with Gasteiger partial charge >= 0.3 is 12.1 Å². The highest BCUT2D eigenvalue weighted by molar-refractivity contribution is 5.94. The normalized spacial score (nSPS) is 15.8. The van der Waals surface area contributed by atoms with Crippen LogP contribution in [0.5, 0.6) is 5.75 Å². The van der Waals surface area contributed by atoms with Crippen LogP contribution in [0.15, 0.2) is 42.5 Å². The number of hydrogen-bond acceptors (Lipinski definition) is 3. The maximum Gasteiger partial charge on any atom is 0.417 e. The molecule has 6 nitrogen and oxygen atoms in total. The molecule has 0 fully saturated rings. The van der Waals surface area contributed by atoms with Gasteiger partial charge in [0.2, 0.25) is 5.91 Å². The van der Waals surface area contributed by atoms with Crippen molar-refractivity contribution in [3.8, 4) is 5.75 Å². The Bertz CT molecular complexity index is 1180. The number of hydrogen-bond donors (Lipinski definition) is 2. The number of alkyl halides is 3.